The fourth-order valence-electron chi connectivity index (χ4n) is 2.37. The van der Waals surface area contributed by atoms with Crippen molar-refractivity contribution >= 4 is 17.9 Å². The second kappa shape index (κ2) is 4.04. The molecule has 1 saturated heterocycles. The molecule has 108 valence electrons. The summed E-state index contributed by atoms with van der Waals surface area (Å²) in [6.45, 7) is 7.72. The van der Waals surface area contributed by atoms with Gasteiger partial charge in [0.25, 0.3) is 11.9 Å². The lowest BCUT2D eigenvalue weighted by Gasteiger charge is -2.18. The van der Waals surface area contributed by atoms with Gasteiger partial charge in [-0.1, -0.05) is 0 Å². The zero-order chi connectivity index (χ0) is 14.7. The van der Waals surface area contributed by atoms with Crippen LogP contribution in [0.25, 0.3) is 0 Å². The Bertz CT molecular complexity index is 570. The quantitative estimate of drug-likeness (QED) is 0.765. The molecule has 20 heavy (non-hydrogen) atoms. The minimum Gasteiger partial charge on any atom is -0.309 e. The first-order chi connectivity index (χ1) is 9.30. The normalized spacial score (nSPS) is 23.9. The van der Waals surface area contributed by atoms with Gasteiger partial charge in [-0.25, -0.2) is 9.48 Å². The summed E-state index contributed by atoms with van der Waals surface area (Å²) in [5, 5.41) is 4.28. The van der Waals surface area contributed by atoms with Crippen LogP contribution in [0.3, 0.4) is 0 Å². The zero-order valence-corrected chi connectivity index (χ0v) is 12.2. The Hall–Kier alpha value is -1.92. The summed E-state index contributed by atoms with van der Waals surface area (Å²) in [5.74, 6) is -0.0708. The van der Waals surface area contributed by atoms with Gasteiger partial charge in [-0.2, -0.15) is 9.88 Å². The fraction of sp³-hybridized carbons (Fsp3) is 0.692. The van der Waals surface area contributed by atoms with E-state index in [1.165, 1.54) is 0 Å². The van der Waals surface area contributed by atoms with Crippen LogP contribution in [0, 0.1) is 0 Å². The third-order valence-corrected chi connectivity index (χ3v) is 3.71. The van der Waals surface area contributed by atoms with Gasteiger partial charge in [0.15, 0.2) is 0 Å². The first-order valence-corrected chi connectivity index (χ1v) is 6.89. The molecule has 3 rings (SSSR count). The second-order valence-corrected chi connectivity index (χ2v) is 6.43. The smallest absolute Gasteiger partial charge is 0.309 e. The summed E-state index contributed by atoms with van der Waals surface area (Å²) in [5.41, 5.74) is -0.237. The van der Waals surface area contributed by atoms with E-state index in [1.54, 1.807) is 22.8 Å². The van der Waals surface area contributed by atoms with Crippen molar-refractivity contribution < 1.29 is 9.59 Å². The number of carbonyl (C=O) groups excluding carboxylic acids is 2. The molecule has 2 heterocycles. The predicted molar refractivity (Wildman–Crippen MR) is 72.2 cm³/mol. The van der Waals surface area contributed by atoms with E-state index in [1.807, 2.05) is 20.8 Å². The molecule has 2 fully saturated rings. The summed E-state index contributed by atoms with van der Waals surface area (Å²) in [6.07, 6.45) is 3.50. The predicted octanol–water partition coefficient (Wildman–Crippen LogP) is 1.35. The number of hydrogen-bond acceptors (Lipinski definition) is 4. The number of rotatable bonds is 2. The van der Waals surface area contributed by atoms with Gasteiger partial charge in [0, 0.05) is 6.04 Å². The van der Waals surface area contributed by atoms with Gasteiger partial charge in [-0.15, -0.1) is 5.10 Å². The molecule has 2 aliphatic rings. The van der Waals surface area contributed by atoms with Crippen molar-refractivity contribution in [3.05, 3.63) is 6.33 Å². The van der Waals surface area contributed by atoms with Crippen molar-refractivity contribution in [3.8, 4) is 0 Å². The van der Waals surface area contributed by atoms with E-state index in [0.29, 0.717) is 0 Å². The Balaban J connectivity index is 1.92. The van der Waals surface area contributed by atoms with Crippen LogP contribution >= 0.6 is 0 Å². The van der Waals surface area contributed by atoms with Gasteiger partial charge >= 0.3 is 6.03 Å². The SMILES string of the molecule is C[C@H]1C(=O)N(c2ncn(C(C)(C)C)n2)C(=O)N1C1CC1. The molecule has 7 heteroatoms. The molecule has 0 aromatic carbocycles. The van der Waals surface area contributed by atoms with E-state index < -0.39 is 6.04 Å². The molecule has 0 spiro atoms. The number of imide groups is 1. The van der Waals surface area contributed by atoms with Crippen LogP contribution in [0.15, 0.2) is 6.33 Å². The highest BCUT2D eigenvalue weighted by Gasteiger charge is 2.50. The number of urea groups is 1. The molecule has 7 nitrogen and oxygen atoms in total. The van der Waals surface area contributed by atoms with Crippen LogP contribution in [0.1, 0.15) is 40.5 Å². The maximum Gasteiger partial charge on any atom is 0.334 e. The number of hydrogen-bond donors (Lipinski definition) is 0. The highest BCUT2D eigenvalue weighted by molar-refractivity contribution is 6.20. The first-order valence-electron chi connectivity index (χ1n) is 6.89. The van der Waals surface area contributed by atoms with E-state index >= 15 is 0 Å². The molecule has 0 N–H and O–H groups in total. The summed E-state index contributed by atoms with van der Waals surface area (Å²) >= 11 is 0. The maximum atomic E-state index is 12.4. The largest absolute Gasteiger partial charge is 0.334 e. The van der Waals surface area contributed by atoms with Gasteiger partial charge in [0.1, 0.15) is 12.4 Å². The third-order valence-electron chi connectivity index (χ3n) is 3.71. The third kappa shape index (κ3) is 1.88. The van der Waals surface area contributed by atoms with Crippen molar-refractivity contribution in [3.63, 3.8) is 0 Å². The Morgan fingerprint density at radius 2 is 1.90 bits per heavy atom. The molecule has 1 aromatic heterocycles. The van der Waals surface area contributed by atoms with Crippen LogP contribution in [0.4, 0.5) is 10.7 Å². The number of amides is 3. The number of carbonyl (C=O) groups is 2. The van der Waals surface area contributed by atoms with Crippen molar-refractivity contribution in [2.24, 2.45) is 0 Å². The van der Waals surface area contributed by atoms with Crippen LogP contribution in [-0.2, 0) is 10.3 Å². The fourth-order valence-corrected chi connectivity index (χ4v) is 2.37. The van der Waals surface area contributed by atoms with Gasteiger partial charge in [0.05, 0.1) is 5.54 Å². The summed E-state index contributed by atoms with van der Waals surface area (Å²) in [7, 11) is 0. The van der Waals surface area contributed by atoms with E-state index in [-0.39, 0.29) is 29.5 Å². The average molecular weight is 277 g/mol. The molecule has 3 amide bonds. The molecule has 1 atom stereocenters. The molecule has 0 bridgehead atoms. The molecule has 1 aromatic rings. The molecule has 1 aliphatic carbocycles. The summed E-state index contributed by atoms with van der Waals surface area (Å²) in [6, 6.07) is -0.510. The van der Waals surface area contributed by atoms with Crippen LogP contribution in [0.2, 0.25) is 0 Å². The van der Waals surface area contributed by atoms with Gasteiger partial charge < -0.3 is 4.90 Å². The second-order valence-electron chi connectivity index (χ2n) is 6.43. The Labute approximate surface area is 117 Å². The molecule has 1 saturated carbocycles. The molecular formula is C13H19N5O2. The molecule has 1 aliphatic heterocycles. The molecular weight excluding hydrogens is 258 g/mol. The lowest BCUT2D eigenvalue weighted by molar-refractivity contribution is -0.119. The van der Waals surface area contributed by atoms with Crippen molar-refractivity contribution in [1.29, 1.82) is 0 Å². The Morgan fingerprint density at radius 1 is 1.25 bits per heavy atom. The standard InChI is InChI=1S/C13H19N5O2/c1-8-10(19)18(12(20)17(8)9-5-6-9)11-14-7-16(15-11)13(2,3)4/h7-9H,5-6H2,1-4H3/t8-/m0/s1. The topological polar surface area (TPSA) is 71.3 Å². The van der Waals surface area contributed by atoms with Gasteiger partial charge in [-0.05, 0) is 40.5 Å². The van der Waals surface area contributed by atoms with E-state index in [9.17, 15) is 9.59 Å². The lowest BCUT2D eigenvalue weighted by atomic mass is 10.1. The summed E-state index contributed by atoms with van der Waals surface area (Å²) in [4.78, 5) is 31.6. The average Bonchev–Trinajstić information content (AvgIpc) is 2.98. The molecule has 0 unspecified atom stereocenters. The van der Waals surface area contributed by atoms with Crippen LogP contribution in [0.5, 0.6) is 0 Å². The first kappa shape index (κ1) is 13.1. The zero-order valence-electron chi connectivity index (χ0n) is 12.2. The highest BCUT2D eigenvalue weighted by atomic mass is 16.2. The van der Waals surface area contributed by atoms with Crippen LogP contribution < -0.4 is 4.90 Å². The Kier molecular flexibility index (Phi) is 2.64. The van der Waals surface area contributed by atoms with Gasteiger partial charge in [0.2, 0.25) is 0 Å². The number of aromatic nitrogens is 3. The molecule has 0 radical (unpaired) electrons. The number of anilines is 1. The maximum absolute atomic E-state index is 12.4. The lowest BCUT2D eigenvalue weighted by Crippen LogP contribution is -2.36. The van der Waals surface area contributed by atoms with E-state index in [4.69, 9.17) is 0 Å². The van der Waals surface area contributed by atoms with Gasteiger partial charge in [-0.3, -0.25) is 4.79 Å². The number of nitrogens with zero attached hydrogens (tertiary/aromatic N) is 5. The Morgan fingerprint density at radius 3 is 2.40 bits per heavy atom. The minimum absolute atomic E-state index is 0.171. The van der Waals surface area contributed by atoms with Crippen molar-refractivity contribution in [1.82, 2.24) is 19.7 Å². The van der Waals surface area contributed by atoms with Crippen molar-refractivity contribution in [2.75, 3.05) is 4.90 Å². The monoisotopic (exact) mass is 277 g/mol. The van der Waals surface area contributed by atoms with E-state index in [0.717, 1.165) is 17.7 Å². The minimum atomic E-state index is -0.420. The van der Waals surface area contributed by atoms with Crippen molar-refractivity contribution in [2.45, 2.75) is 58.2 Å². The van der Waals surface area contributed by atoms with Crippen LogP contribution in [-0.4, -0.2) is 43.7 Å². The van der Waals surface area contributed by atoms with E-state index in [2.05, 4.69) is 10.1 Å². The highest BCUT2D eigenvalue weighted by Crippen LogP contribution is 2.34. The summed E-state index contributed by atoms with van der Waals surface area (Å²) < 4.78 is 1.66.